The molecule has 2 aromatic carbocycles. The Morgan fingerprint density at radius 2 is 2.03 bits per heavy atom. The number of hydrogen-bond donors (Lipinski definition) is 1. The third-order valence-corrected chi connectivity index (χ3v) is 5.40. The third kappa shape index (κ3) is 3.04. The summed E-state index contributed by atoms with van der Waals surface area (Å²) in [6.45, 7) is 0.772. The Morgan fingerprint density at radius 3 is 2.87 bits per heavy atom. The van der Waals surface area contributed by atoms with Crippen molar-refractivity contribution in [2.75, 3.05) is 18.6 Å². The SMILES string of the molecule is COc1ccccc1C1=C2NCC(C(=O)Cn3ccnc3)N2c2ccccc2C=N1. The molecule has 30 heavy (non-hydrogen) atoms. The molecule has 1 aromatic heterocycles. The molecule has 1 saturated heterocycles. The zero-order chi connectivity index (χ0) is 20.5. The van der Waals surface area contributed by atoms with Gasteiger partial charge < -0.3 is 19.5 Å². The zero-order valence-corrected chi connectivity index (χ0v) is 16.5. The Morgan fingerprint density at radius 1 is 1.20 bits per heavy atom. The van der Waals surface area contributed by atoms with Crippen LogP contribution in [0, 0.1) is 0 Å². The molecule has 0 saturated carbocycles. The number of ketones is 1. The van der Waals surface area contributed by atoms with Crippen LogP contribution in [-0.4, -0.2) is 41.2 Å². The number of rotatable bonds is 5. The number of fused-ring (bicyclic) bond motifs is 3. The van der Waals surface area contributed by atoms with Crippen molar-refractivity contribution in [2.45, 2.75) is 12.6 Å². The van der Waals surface area contributed by atoms with Crippen LogP contribution in [-0.2, 0) is 11.3 Å². The van der Waals surface area contributed by atoms with Gasteiger partial charge in [0.2, 0.25) is 0 Å². The van der Waals surface area contributed by atoms with E-state index in [1.165, 1.54) is 0 Å². The second kappa shape index (κ2) is 7.51. The monoisotopic (exact) mass is 399 g/mol. The molecule has 1 N–H and O–H groups in total. The van der Waals surface area contributed by atoms with Gasteiger partial charge in [0.1, 0.15) is 23.3 Å². The summed E-state index contributed by atoms with van der Waals surface area (Å²) in [6.07, 6.45) is 7.00. The number of para-hydroxylation sites is 2. The van der Waals surface area contributed by atoms with Gasteiger partial charge in [-0.15, -0.1) is 0 Å². The first-order valence-corrected chi connectivity index (χ1v) is 9.78. The third-order valence-electron chi connectivity index (χ3n) is 5.40. The van der Waals surface area contributed by atoms with Crippen molar-refractivity contribution in [1.29, 1.82) is 0 Å². The lowest BCUT2D eigenvalue weighted by atomic mass is 10.1. The van der Waals surface area contributed by atoms with Crippen LogP contribution in [0.5, 0.6) is 5.75 Å². The van der Waals surface area contributed by atoms with E-state index in [0.717, 1.165) is 34.1 Å². The molecule has 1 unspecified atom stereocenters. The lowest BCUT2D eigenvalue weighted by molar-refractivity contribution is -0.120. The van der Waals surface area contributed by atoms with E-state index in [2.05, 4.69) is 15.2 Å². The second-order valence-electron chi connectivity index (χ2n) is 7.18. The van der Waals surface area contributed by atoms with E-state index in [-0.39, 0.29) is 18.4 Å². The average Bonchev–Trinajstić information content (AvgIpc) is 3.42. The number of Topliss-reactive ketones (excluding diaryl/α,β-unsaturated/α-hetero) is 1. The van der Waals surface area contributed by atoms with Crippen molar-refractivity contribution in [2.24, 2.45) is 4.99 Å². The highest BCUT2D eigenvalue weighted by atomic mass is 16.5. The van der Waals surface area contributed by atoms with Gasteiger partial charge in [-0.05, 0) is 18.2 Å². The van der Waals surface area contributed by atoms with Crippen LogP contribution in [0.2, 0.25) is 0 Å². The standard InChI is InChI=1S/C23H21N5O2/c1-30-21-9-5-3-7-17(21)22-23-26-13-19(20(29)14-27-11-10-24-15-27)28(23)18-8-4-2-6-16(18)12-25-22/h2-12,15,19,26H,13-14H2,1H3. The number of nitrogens with one attached hydrogen (secondary N) is 1. The summed E-state index contributed by atoms with van der Waals surface area (Å²) in [7, 11) is 1.65. The van der Waals surface area contributed by atoms with Crippen LogP contribution in [0.1, 0.15) is 11.1 Å². The number of methoxy groups -OCH3 is 1. The molecule has 2 aliphatic heterocycles. The van der Waals surface area contributed by atoms with Crippen LogP contribution < -0.4 is 15.0 Å². The molecule has 3 aromatic rings. The predicted octanol–water partition coefficient (Wildman–Crippen LogP) is 2.70. The molecule has 3 heterocycles. The summed E-state index contributed by atoms with van der Waals surface area (Å²) in [5, 5.41) is 3.44. The van der Waals surface area contributed by atoms with Gasteiger partial charge in [0.25, 0.3) is 0 Å². The molecule has 7 nitrogen and oxygen atoms in total. The minimum Gasteiger partial charge on any atom is -0.496 e. The van der Waals surface area contributed by atoms with Crippen LogP contribution in [0.4, 0.5) is 5.69 Å². The van der Waals surface area contributed by atoms with E-state index in [1.54, 1.807) is 30.4 Å². The quantitative estimate of drug-likeness (QED) is 0.714. The van der Waals surface area contributed by atoms with Gasteiger partial charge in [0.05, 0.1) is 25.7 Å². The topological polar surface area (TPSA) is 71.8 Å². The minimum absolute atomic E-state index is 0.103. The molecule has 1 atom stereocenters. The molecule has 0 aliphatic carbocycles. The first kappa shape index (κ1) is 18.2. The van der Waals surface area contributed by atoms with Gasteiger partial charge >= 0.3 is 0 Å². The highest BCUT2D eigenvalue weighted by molar-refractivity contribution is 5.99. The minimum atomic E-state index is -0.352. The van der Waals surface area contributed by atoms with Gasteiger partial charge in [-0.25, -0.2) is 4.98 Å². The highest BCUT2D eigenvalue weighted by Crippen LogP contribution is 2.37. The molecule has 0 radical (unpaired) electrons. The number of nitrogens with zero attached hydrogens (tertiary/aromatic N) is 4. The first-order valence-electron chi connectivity index (χ1n) is 9.78. The zero-order valence-electron chi connectivity index (χ0n) is 16.5. The Labute approximate surface area is 174 Å². The van der Waals surface area contributed by atoms with Gasteiger partial charge in [0.15, 0.2) is 5.78 Å². The van der Waals surface area contributed by atoms with Gasteiger partial charge in [-0.1, -0.05) is 30.3 Å². The van der Waals surface area contributed by atoms with Crippen molar-refractivity contribution in [3.63, 3.8) is 0 Å². The molecule has 1 fully saturated rings. The van der Waals surface area contributed by atoms with Crippen molar-refractivity contribution < 1.29 is 9.53 Å². The fourth-order valence-electron chi connectivity index (χ4n) is 3.98. The number of aromatic nitrogens is 2. The van der Waals surface area contributed by atoms with Crippen LogP contribution in [0.25, 0.3) is 5.70 Å². The predicted molar refractivity (Wildman–Crippen MR) is 115 cm³/mol. The van der Waals surface area contributed by atoms with Crippen LogP contribution in [0.15, 0.2) is 78.1 Å². The number of anilines is 1. The molecule has 0 amide bonds. The molecule has 2 aliphatic rings. The Balaban J connectivity index is 1.63. The summed E-state index contributed by atoms with van der Waals surface area (Å²) in [5.41, 5.74) is 3.54. The maximum absolute atomic E-state index is 13.2. The lowest BCUT2D eigenvalue weighted by Crippen LogP contribution is -2.39. The van der Waals surface area contributed by atoms with Crippen molar-refractivity contribution >= 4 is 23.4 Å². The fourth-order valence-corrected chi connectivity index (χ4v) is 3.98. The number of carbonyl (C=O) groups excluding carboxylic acids is 1. The van der Waals surface area contributed by atoms with Gasteiger partial charge in [-0.2, -0.15) is 0 Å². The largest absolute Gasteiger partial charge is 0.496 e. The second-order valence-corrected chi connectivity index (χ2v) is 7.18. The van der Waals surface area contributed by atoms with Crippen LogP contribution in [0.3, 0.4) is 0 Å². The van der Waals surface area contributed by atoms with E-state index in [9.17, 15) is 4.79 Å². The normalized spacial score (nSPS) is 17.2. The number of imidazole rings is 1. The van der Waals surface area contributed by atoms with E-state index in [0.29, 0.717) is 6.54 Å². The lowest BCUT2D eigenvalue weighted by Gasteiger charge is -2.27. The summed E-state index contributed by atoms with van der Waals surface area (Å²) >= 11 is 0. The van der Waals surface area contributed by atoms with E-state index < -0.39 is 0 Å². The smallest absolute Gasteiger partial charge is 0.177 e. The number of aliphatic imine (C=N–C) groups is 1. The molecular formula is C23H21N5O2. The summed E-state index contributed by atoms with van der Waals surface area (Å²) in [5.74, 6) is 1.65. The molecule has 0 bridgehead atoms. The summed E-state index contributed by atoms with van der Waals surface area (Å²) in [4.78, 5) is 24.2. The maximum Gasteiger partial charge on any atom is 0.177 e. The summed E-state index contributed by atoms with van der Waals surface area (Å²) < 4.78 is 7.37. The fraction of sp³-hybridized carbons (Fsp3) is 0.174. The van der Waals surface area contributed by atoms with E-state index in [1.807, 2.05) is 54.7 Å². The van der Waals surface area contributed by atoms with Crippen molar-refractivity contribution in [3.8, 4) is 5.75 Å². The molecular weight excluding hydrogens is 378 g/mol. The maximum atomic E-state index is 13.2. The van der Waals surface area contributed by atoms with E-state index in [4.69, 9.17) is 9.73 Å². The molecule has 7 heteroatoms. The Bertz CT molecular complexity index is 1150. The summed E-state index contributed by atoms with van der Waals surface area (Å²) in [6, 6.07) is 15.4. The Hall–Kier alpha value is -3.87. The number of ether oxygens (including phenoxy) is 1. The molecule has 5 rings (SSSR count). The highest BCUT2D eigenvalue weighted by Gasteiger charge is 2.38. The average molecular weight is 399 g/mol. The van der Waals surface area contributed by atoms with Crippen molar-refractivity contribution in [1.82, 2.24) is 14.9 Å². The van der Waals surface area contributed by atoms with Crippen LogP contribution >= 0.6 is 0 Å². The number of hydrogen-bond acceptors (Lipinski definition) is 6. The van der Waals surface area contributed by atoms with Gasteiger partial charge in [-0.3, -0.25) is 9.79 Å². The number of carbonyl (C=O) groups is 1. The first-order chi connectivity index (χ1) is 14.8. The number of benzene rings is 2. The van der Waals surface area contributed by atoms with E-state index >= 15 is 0 Å². The van der Waals surface area contributed by atoms with Gasteiger partial charge in [0, 0.05) is 36.3 Å². The Kier molecular flexibility index (Phi) is 4.55. The molecule has 0 spiro atoms. The van der Waals surface area contributed by atoms with Crippen molar-refractivity contribution in [3.05, 3.63) is 84.2 Å². The molecule has 150 valence electrons.